The second-order valence-electron chi connectivity index (χ2n) is 4.68. The molecule has 0 aromatic carbocycles. The lowest BCUT2D eigenvalue weighted by Crippen LogP contribution is -2.38. The van der Waals surface area contributed by atoms with Crippen LogP contribution in [-0.4, -0.2) is 30.0 Å². The summed E-state index contributed by atoms with van der Waals surface area (Å²) in [5, 5.41) is 7.74. The molecule has 4 nitrogen and oxygen atoms in total. The summed E-state index contributed by atoms with van der Waals surface area (Å²) in [5.74, 6) is -1.86. The van der Waals surface area contributed by atoms with Crippen molar-refractivity contribution in [2.45, 2.75) is 56.5 Å². The number of rotatable bonds is 4. The lowest BCUT2D eigenvalue weighted by Gasteiger charge is -2.26. The van der Waals surface area contributed by atoms with Crippen LogP contribution in [-0.2, 0) is 14.6 Å². The average Bonchev–Trinajstić information content (AvgIpc) is 2.28. The van der Waals surface area contributed by atoms with E-state index >= 15 is 0 Å². The van der Waals surface area contributed by atoms with Crippen LogP contribution in [0.15, 0.2) is 0 Å². The molecule has 0 spiro atoms. The molecule has 5 heteroatoms. The molecule has 1 N–H and O–H groups in total. The van der Waals surface area contributed by atoms with Crippen molar-refractivity contribution in [3.8, 4) is 0 Å². The third-order valence-corrected chi connectivity index (χ3v) is 6.47. The van der Waals surface area contributed by atoms with E-state index in [1.807, 2.05) is 0 Å². The van der Waals surface area contributed by atoms with E-state index in [4.69, 9.17) is 5.11 Å². The summed E-state index contributed by atoms with van der Waals surface area (Å²) in [5.41, 5.74) is 0. The van der Waals surface area contributed by atoms with Gasteiger partial charge < -0.3 is 5.11 Å². The van der Waals surface area contributed by atoms with Crippen LogP contribution in [0.4, 0.5) is 0 Å². The quantitative estimate of drug-likeness (QED) is 0.824. The van der Waals surface area contributed by atoms with E-state index in [0.717, 1.165) is 19.3 Å². The van der Waals surface area contributed by atoms with Crippen molar-refractivity contribution in [3.05, 3.63) is 0 Å². The number of carboxylic acid groups (broad SMARTS) is 1. The fraction of sp³-hybridized carbons (Fsp3) is 0.909. The zero-order valence-corrected chi connectivity index (χ0v) is 10.7. The number of carbonyl (C=O) groups is 1. The first-order valence-corrected chi connectivity index (χ1v) is 7.44. The summed E-state index contributed by atoms with van der Waals surface area (Å²) in [7, 11) is -3.29. The molecule has 0 bridgehead atoms. The van der Waals surface area contributed by atoms with Crippen molar-refractivity contribution in [1.29, 1.82) is 0 Å². The number of hydrogen-bond acceptors (Lipinski definition) is 3. The van der Waals surface area contributed by atoms with Gasteiger partial charge in [-0.05, 0) is 19.8 Å². The average molecular weight is 248 g/mol. The van der Waals surface area contributed by atoms with Crippen LogP contribution in [0, 0.1) is 5.92 Å². The van der Waals surface area contributed by atoms with Gasteiger partial charge in [-0.25, -0.2) is 8.42 Å². The molecule has 1 rings (SSSR count). The molecule has 0 radical (unpaired) electrons. The van der Waals surface area contributed by atoms with Crippen LogP contribution in [0.5, 0.6) is 0 Å². The first-order valence-electron chi connectivity index (χ1n) is 5.83. The van der Waals surface area contributed by atoms with Crippen LogP contribution < -0.4 is 0 Å². The third kappa shape index (κ3) is 2.75. The lowest BCUT2D eigenvalue weighted by molar-refractivity contribution is -0.141. The molecule has 0 aromatic heterocycles. The van der Waals surface area contributed by atoms with Gasteiger partial charge in [0.05, 0.1) is 16.4 Å². The predicted molar refractivity (Wildman–Crippen MR) is 62.1 cm³/mol. The van der Waals surface area contributed by atoms with Crippen molar-refractivity contribution in [1.82, 2.24) is 0 Å². The van der Waals surface area contributed by atoms with Crippen molar-refractivity contribution < 1.29 is 18.3 Å². The number of aliphatic carboxylic acids is 1. The third-order valence-electron chi connectivity index (χ3n) is 3.63. The molecule has 1 saturated carbocycles. The number of sulfone groups is 1. The molecule has 1 aliphatic rings. The molecule has 16 heavy (non-hydrogen) atoms. The Morgan fingerprint density at radius 1 is 1.19 bits per heavy atom. The first-order chi connectivity index (χ1) is 7.37. The highest BCUT2D eigenvalue weighted by Crippen LogP contribution is 2.28. The van der Waals surface area contributed by atoms with E-state index in [-0.39, 0.29) is 5.25 Å². The molecule has 1 aliphatic carbocycles. The minimum absolute atomic E-state index is 0.321. The number of hydrogen-bond donors (Lipinski definition) is 1. The zero-order chi connectivity index (χ0) is 12.3. The Balaban J connectivity index is 2.79. The van der Waals surface area contributed by atoms with Gasteiger partial charge in [0.1, 0.15) is 0 Å². The molecule has 0 heterocycles. The fourth-order valence-electron chi connectivity index (χ4n) is 2.18. The van der Waals surface area contributed by atoms with Crippen LogP contribution in [0.3, 0.4) is 0 Å². The maximum absolute atomic E-state index is 12.2. The molecule has 0 amide bonds. The maximum Gasteiger partial charge on any atom is 0.307 e. The first kappa shape index (κ1) is 13.5. The van der Waals surface area contributed by atoms with Gasteiger partial charge in [0, 0.05) is 0 Å². The Morgan fingerprint density at radius 2 is 1.69 bits per heavy atom. The predicted octanol–water partition coefficient (Wildman–Crippen LogP) is 1.84. The highest BCUT2D eigenvalue weighted by Gasteiger charge is 2.37. The summed E-state index contributed by atoms with van der Waals surface area (Å²) < 4.78 is 24.3. The van der Waals surface area contributed by atoms with Crippen LogP contribution in [0.25, 0.3) is 0 Å². The highest BCUT2D eigenvalue weighted by atomic mass is 32.2. The lowest BCUT2D eigenvalue weighted by atomic mass is 10.0. The maximum atomic E-state index is 12.2. The van der Waals surface area contributed by atoms with Crippen molar-refractivity contribution in [2.24, 2.45) is 5.92 Å². The Kier molecular flexibility index (Phi) is 4.35. The van der Waals surface area contributed by atoms with Crippen LogP contribution >= 0.6 is 0 Å². The van der Waals surface area contributed by atoms with E-state index in [1.54, 1.807) is 0 Å². The SMILES string of the molecule is CC(C(=O)O)C(C)S(=O)(=O)C1CCCCC1. The Hall–Kier alpha value is -0.580. The smallest absolute Gasteiger partial charge is 0.307 e. The van der Waals surface area contributed by atoms with Crippen molar-refractivity contribution in [2.75, 3.05) is 0 Å². The largest absolute Gasteiger partial charge is 0.481 e. The standard InChI is InChI=1S/C11H20O4S/c1-8(11(12)13)9(2)16(14,15)10-6-4-3-5-7-10/h8-10H,3-7H2,1-2H3,(H,12,13). The Labute approximate surface area is 97.0 Å². The fourth-order valence-corrected chi connectivity index (χ4v) is 4.47. The van der Waals surface area contributed by atoms with E-state index in [1.165, 1.54) is 13.8 Å². The van der Waals surface area contributed by atoms with E-state index in [2.05, 4.69) is 0 Å². The summed E-state index contributed by atoms with van der Waals surface area (Å²) >= 11 is 0. The monoisotopic (exact) mass is 248 g/mol. The van der Waals surface area contributed by atoms with Gasteiger partial charge >= 0.3 is 5.97 Å². The molecule has 0 saturated heterocycles. The van der Waals surface area contributed by atoms with E-state index < -0.39 is 27.0 Å². The number of carboxylic acids is 1. The van der Waals surface area contributed by atoms with Crippen LogP contribution in [0.1, 0.15) is 46.0 Å². The Bertz CT molecular complexity index is 341. The minimum Gasteiger partial charge on any atom is -0.481 e. The molecule has 94 valence electrons. The van der Waals surface area contributed by atoms with E-state index in [9.17, 15) is 13.2 Å². The highest BCUT2D eigenvalue weighted by molar-refractivity contribution is 7.92. The minimum atomic E-state index is -3.29. The van der Waals surface area contributed by atoms with Gasteiger partial charge in [-0.1, -0.05) is 26.2 Å². The molecule has 1 fully saturated rings. The molecular weight excluding hydrogens is 228 g/mol. The van der Waals surface area contributed by atoms with Gasteiger partial charge in [-0.2, -0.15) is 0 Å². The van der Waals surface area contributed by atoms with Crippen molar-refractivity contribution in [3.63, 3.8) is 0 Å². The summed E-state index contributed by atoms with van der Waals surface area (Å²) in [4.78, 5) is 10.8. The summed E-state index contributed by atoms with van der Waals surface area (Å²) in [6, 6.07) is 0. The van der Waals surface area contributed by atoms with Gasteiger partial charge in [-0.3, -0.25) is 4.79 Å². The van der Waals surface area contributed by atoms with E-state index in [0.29, 0.717) is 12.8 Å². The molecule has 0 aromatic rings. The van der Waals surface area contributed by atoms with Gasteiger partial charge in [0.15, 0.2) is 9.84 Å². The summed E-state index contributed by atoms with van der Waals surface area (Å²) in [6.07, 6.45) is 4.36. The topological polar surface area (TPSA) is 71.4 Å². The van der Waals surface area contributed by atoms with Gasteiger partial charge in [0.2, 0.25) is 0 Å². The second kappa shape index (κ2) is 5.17. The molecule has 2 atom stereocenters. The normalized spacial score (nSPS) is 22.6. The van der Waals surface area contributed by atoms with Crippen molar-refractivity contribution >= 4 is 15.8 Å². The van der Waals surface area contributed by atoms with Gasteiger partial charge in [0.25, 0.3) is 0 Å². The Morgan fingerprint density at radius 3 is 2.12 bits per heavy atom. The molecule has 0 aliphatic heterocycles. The molecular formula is C11H20O4S. The molecule has 2 unspecified atom stereocenters. The van der Waals surface area contributed by atoms with Gasteiger partial charge in [-0.15, -0.1) is 0 Å². The summed E-state index contributed by atoms with van der Waals surface area (Å²) in [6.45, 7) is 2.98. The second-order valence-corrected chi connectivity index (χ2v) is 7.27. The zero-order valence-electron chi connectivity index (χ0n) is 9.85. The van der Waals surface area contributed by atoms with Crippen LogP contribution in [0.2, 0.25) is 0 Å².